The van der Waals surface area contributed by atoms with E-state index in [2.05, 4.69) is 0 Å². The molecule has 2 aromatic rings. The van der Waals surface area contributed by atoms with E-state index in [1.165, 1.54) is 29.3 Å². The molecule has 5 nitrogen and oxygen atoms in total. The molecular formula is C17H13Cl2NO4S. The number of hydrogen-bond donors (Lipinski definition) is 0. The zero-order chi connectivity index (χ0) is 18.2. The molecule has 0 atom stereocenters. The maximum Gasteiger partial charge on any atom is 0.351 e. The maximum absolute atomic E-state index is 12.8. The number of halogens is 2. The van der Waals surface area contributed by atoms with E-state index < -0.39 is 20.7 Å². The summed E-state index contributed by atoms with van der Waals surface area (Å²) in [6, 6.07) is 11.2. The Morgan fingerprint density at radius 3 is 2.52 bits per heavy atom. The summed E-state index contributed by atoms with van der Waals surface area (Å²) < 4.78 is 30.5. The Hall–Kier alpha value is -2.02. The summed E-state index contributed by atoms with van der Waals surface area (Å²) in [6.45, 7) is 1.67. The van der Waals surface area contributed by atoms with E-state index in [1.807, 2.05) is 0 Å². The molecule has 0 saturated heterocycles. The Morgan fingerprint density at radius 1 is 1.12 bits per heavy atom. The van der Waals surface area contributed by atoms with Crippen molar-refractivity contribution in [3.63, 3.8) is 0 Å². The summed E-state index contributed by atoms with van der Waals surface area (Å²) in [5.41, 5.74) is 0.832. The number of esters is 1. The van der Waals surface area contributed by atoms with Crippen molar-refractivity contribution in [1.82, 2.24) is 0 Å². The highest BCUT2D eigenvalue weighted by Crippen LogP contribution is 2.43. The molecule has 0 unspecified atom stereocenters. The van der Waals surface area contributed by atoms with Crippen molar-refractivity contribution in [1.29, 1.82) is 0 Å². The van der Waals surface area contributed by atoms with Gasteiger partial charge in [0.1, 0.15) is 0 Å². The van der Waals surface area contributed by atoms with Crippen LogP contribution in [-0.2, 0) is 19.4 Å². The van der Waals surface area contributed by atoms with Gasteiger partial charge in [0.15, 0.2) is 4.91 Å². The topological polar surface area (TPSA) is 63.7 Å². The number of sulfone groups is 1. The zero-order valence-electron chi connectivity index (χ0n) is 13.1. The third-order valence-electron chi connectivity index (χ3n) is 3.59. The molecule has 2 aromatic carbocycles. The van der Waals surface area contributed by atoms with Gasteiger partial charge in [0.25, 0.3) is 0 Å². The molecule has 0 aliphatic carbocycles. The van der Waals surface area contributed by atoms with E-state index in [-0.39, 0.29) is 11.5 Å². The molecule has 3 rings (SSSR count). The summed E-state index contributed by atoms with van der Waals surface area (Å²) in [7, 11) is -4.03. The number of carbonyl (C=O) groups is 1. The van der Waals surface area contributed by atoms with Crippen LogP contribution in [0, 0.1) is 0 Å². The highest BCUT2D eigenvalue weighted by atomic mass is 35.5. The van der Waals surface area contributed by atoms with Crippen molar-refractivity contribution >= 4 is 50.4 Å². The predicted octanol–water partition coefficient (Wildman–Crippen LogP) is 4.32. The lowest BCUT2D eigenvalue weighted by atomic mass is 10.2. The van der Waals surface area contributed by atoms with Crippen molar-refractivity contribution in [2.45, 2.75) is 11.8 Å². The summed E-state index contributed by atoms with van der Waals surface area (Å²) in [4.78, 5) is 13.2. The van der Waals surface area contributed by atoms with Gasteiger partial charge in [-0.2, -0.15) is 0 Å². The van der Waals surface area contributed by atoms with E-state index in [4.69, 9.17) is 27.9 Å². The minimum atomic E-state index is -4.03. The normalized spacial score (nSPS) is 15.3. The van der Waals surface area contributed by atoms with E-state index in [0.29, 0.717) is 21.4 Å². The average molecular weight is 398 g/mol. The Morgan fingerprint density at radius 2 is 1.84 bits per heavy atom. The molecule has 0 spiro atoms. The van der Waals surface area contributed by atoms with Crippen LogP contribution in [0.5, 0.6) is 0 Å². The van der Waals surface area contributed by atoms with Crippen LogP contribution < -0.4 is 4.90 Å². The summed E-state index contributed by atoms with van der Waals surface area (Å²) in [5.74, 6) is -0.917. The second kappa shape index (κ2) is 6.71. The number of rotatable bonds is 3. The second-order valence-corrected chi connectivity index (χ2v) is 7.88. The zero-order valence-corrected chi connectivity index (χ0v) is 15.4. The Kier molecular flexibility index (Phi) is 4.77. The van der Waals surface area contributed by atoms with Crippen LogP contribution in [0.3, 0.4) is 0 Å². The first kappa shape index (κ1) is 17.8. The summed E-state index contributed by atoms with van der Waals surface area (Å²) in [5, 5.41) is 0.756. The monoisotopic (exact) mass is 397 g/mol. The van der Waals surface area contributed by atoms with Crippen molar-refractivity contribution in [3.05, 3.63) is 63.6 Å². The van der Waals surface area contributed by atoms with Gasteiger partial charge in [0.2, 0.25) is 9.84 Å². The highest BCUT2D eigenvalue weighted by molar-refractivity contribution is 7.96. The van der Waals surface area contributed by atoms with Crippen molar-refractivity contribution in [3.8, 4) is 0 Å². The number of ether oxygens (including phenoxy) is 1. The molecule has 0 aromatic heterocycles. The molecule has 0 bridgehead atoms. The van der Waals surface area contributed by atoms with Gasteiger partial charge < -0.3 is 9.64 Å². The van der Waals surface area contributed by atoms with Gasteiger partial charge in [-0.15, -0.1) is 0 Å². The standard InChI is InChI=1S/C17H13Cl2NO4S/c1-2-24-17(21)16-10-20(13-6-4-3-5-12(13)19)14-9-11(18)7-8-15(14)25(16,22)23/h3-10H,2H2,1H3. The molecule has 1 heterocycles. The molecule has 1 aliphatic heterocycles. The number of anilines is 2. The Bertz CT molecular complexity index is 986. The molecule has 1 aliphatic rings. The van der Waals surface area contributed by atoms with Crippen molar-refractivity contribution in [2.75, 3.05) is 11.5 Å². The fourth-order valence-corrected chi connectivity index (χ4v) is 4.32. The van der Waals surface area contributed by atoms with Crippen LogP contribution in [0.1, 0.15) is 6.92 Å². The van der Waals surface area contributed by atoms with Gasteiger partial charge in [-0.05, 0) is 37.3 Å². The summed E-state index contributed by atoms with van der Waals surface area (Å²) in [6.07, 6.45) is 1.22. The minimum absolute atomic E-state index is 0.0395. The molecule has 0 amide bonds. The third-order valence-corrected chi connectivity index (χ3v) is 5.92. The Balaban J connectivity index is 2.29. The molecule has 25 heavy (non-hydrogen) atoms. The highest BCUT2D eigenvalue weighted by Gasteiger charge is 2.37. The lowest BCUT2D eigenvalue weighted by molar-refractivity contribution is -0.137. The molecule has 0 N–H and O–H groups in total. The molecule has 8 heteroatoms. The van der Waals surface area contributed by atoms with Gasteiger partial charge in [-0.1, -0.05) is 35.3 Å². The molecular weight excluding hydrogens is 385 g/mol. The van der Waals surface area contributed by atoms with Gasteiger partial charge in [-0.3, -0.25) is 0 Å². The predicted molar refractivity (Wildman–Crippen MR) is 96.9 cm³/mol. The largest absolute Gasteiger partial charge is 0.462 e. The van der Waals surface area contributed by atoms with Gasteiger partial charge in [0.05, 0.1) is 27.9 Å². The second-order valence-electron chi connectivity index (χ2n) is 5.15. The number of nitrogens with zero attached hydrogens (tertiary/aromatic N) is 1. The molecule has 0 saturated carbocycles. The fourth-order valence-electron chi connectivity index (χ4n) is 2.49. The Labute approximate surface area is 155 Å². The molecule has 0 radical (unpaired) electrons. The fraction of sp³-hybridized carbons (Fsp3) is 0.118. The smallest absolute Gasteiger partial charge is 0.351 e. The number of hydrogen-bond acceptors (Lipinski definition) is 5. The van der Waals surface area contributed by atoms with Crippen LogP contribution >= 0.6 is 23.2 Å². The first-order chi connectivity index (χ1) is 11.9. The molecule has 130 valence electrons. The van der Waals surface area contributed by atoms with Gasteiger partial charge in [0, 0.05) is 11.2 Å². The van der Waals surface area contributed by atoms with Crippen LogP contribution in [0.15, 0.2) is 58.5 Å². The molecule has 0 fully saturated rings. The van der Waals surface area contributed by atoms with E-state index >= 15 is 0 Å². The SMILES string of the molecule is CCOC(=O)C1=CN(c2ccccc2Cl)c2cc(Cl)ccc2S1(=O)=O. The van der Waals surface area contributed by atoms with Crippen LogP contribution in [0.2, 0.25) is 10.0 Å². The van der Waals surface area contributed by atoms with Gasteiger partial charge in [-0.25, -0.2) is 13.2 Å². The lowest BCUT2D eigenvalue weighted by Crippen LogP contribution is -2.26. The first-order valence-corrected chi connectivity index (χ1v) is 9.57. The average Bonchev–Trinajstić information content (AvgIpc) is 2.56. The maximum atomic E-state index is 12.8. The minimum Gasteiger partial charge on any atom is -0.462 e. The van der Waals surface area contributed by atoms with Gasteiger partial charge >= 0.3 is 5.97 Å². The number of fused-ring (bicyclic) bond motifs is 1. The van der Waals surface area contributed by atoms with Crippen molar-refractivity contribution in [2.24, 2.45) is 0 Å². The number of benzene rings is 2. The van der Waals surface area contributed by atoms with Crippen LogP contribution in [-0.4, -0.2) is 21.0 Å². The van der Waals surface area contributed by atoms with Crippen LogP contribution in [0.25, 0.3) is 0 Å². The van der Waals surface area contributed by atoms with Crippen LogP contribution in [0.4, 0.5) is 11.4 Å². The van der Waals surface area contributed by atoms with E-state index in [0.717, 1.165) is 0 Å². The van der Waals surface area contributed by atoms with Crippen molar-refractivity contribution < 1.29 is 17.9 Å². The van der Waals surface area contributed by atoms with E-state index in [9.17, 15) is 13.2 Å². The first-order valence-electron chi connectivity index (χ1n) is 7.33. The summed E-state index contributed by atoms with van der Waals surface area (Å²) >= 11 is 12.3. The quantitative estimate of drug-likeness (QED) is 0.721. The van der Waals surface area contributed by atoms with E-state index in [1.54, 1.807) is 31.2 Å². The lowest BCUT2D eigenvalue weighted by Gasteiger charge is -2.29. The third kappa shape index (κ3) is 3.13. The number of carbonyl (C=O) groups excluding carboxylic acids is 1. The number of para-hydroxylation sites is 1.